The minimum Gasteiger partial charge on any atom is -0.378 e. The molecule has 0 saturated carbocycles. The van der Waals surface area contributed by atoms with Gasteiger partial charge in [0.2, 0.25) is 0 Å². The van der Waals surface area contributed by atoms with E-state index in [4.69, 9.17) is 4.74 Å². The van der Waals surface area contributed by atoms with Gasteiger partial charge in [-0.25, -0.2) is 0 Å². The van der Waals surface area contributed by atoms with E-state index in [9.17, 15) is 0 Å². The van der Waals surface area contributed by atoms with E-state index < -0.39 is 0 Å². The van der Waals surface area contributed by atoms with Gasteiger partial charge in [-0.3, -0.25) is 0 Å². The van der Waals surface area contributed by atoms with E-state index in [2.05, 4.69) is 50.4 Å². The molecule has 1 saturated heterocycles. The molecule has 19 heavy (non-hydrogen) atoms. The maximum atomic E-state index is 5.86. The average Bonchev–Trinajstić information content (AvgIpc) is 2.86. The summed E-state index contributed by atoms with van der Waals surface area (Å²) in [6.45, 7) is 8.56. The summed E-state index contributed by atoms with van der Waals surface area (Å²) in [7, 11) is 0. The monoisotopic (exact) mass is 261 g/mol. The van der Waals surface area contributed by atoms with Gasteiger partial charge in [0.1, 0.15) is 0 Å². The quantitative estimate of drug-likeness (QED) is 0.848. The van der Waals surface area contributed by atoms with Gasteiger partial charge in [0.15, 0.2) is 0 Å². The van der Waals surface area contributed by atoms with E-state index in [0.717, 1.165) is 26.0 Å². The highest BCUT2D eigenvalue weighted by Gasteiger charge is 2.33. The molecule has 1 aromatic carbocycles. The molecule has 1 heterocycles. The Bertz CT molecular complexity index is 391. The summed E-state index contributed by atoms with van der Waals surface area (Å²) in [6.07, 6.45) is 3.87. The summed E-state index contributed by atoms with van der Waals surface area (Å²) >= 11 is 0. The molecule has 1 aromatic rings. The van der Waals surface area contributed by atoms with Gasteiger partial charge in [0, 0.05) is 18.6 Å². The van der Waals surface area contributed by atoms with Gasteiger partial charge in [0.05, 0.1) is 6.10 Å². The summed E-state index contributed by atoms with van der Waals surface area (Å²) in [5.74, 6) is 0.658. The molecule has 3 unspecified atom stereocenters. The van der Waals surface area contributed by atoms with Crippen molar-refractivity contribution in [2.24, 2.45) is 5.92 Å². The van der Waals surface area contributed by atoms with Crippen molar-refractivity contribution in [2.75, 3.05) is 13.2 Å². The molecule has 2 heteroatoms. The van der Waals surface area contributed by atoms with Crippen molar-refractivity contribution >= 4 is 0 Å². The van der Waals surface area contributed by atoms with Crippen LogP contribution in [0.4, 0.5) is 0 Å². The van der Waals surface area contributed by atoms with E-state index in [1.54, 1.807) is 0 Å². The lowest BCUT2D eigenvalue weighted by Gasteiger charge is -2.28. The highest BCUT2D eigenvalue weighted by atomic mass is 16.5. The summed E-state index contributed by atoms with van der Waals surface area (Å²) in [4.78, 5) is 0. The van der Waals surface area contributed by atoms with Crippen molar-refractivity contribution in [3.63, 3.8) is 0 Å². The van der Waals surface area contributed by atoms with E-state index in [1.165, 1.54) is 17.5 Å². The Morgan fingerprint density at radius 2 is 2.21 bits per heavy atom. The van der Waals surface area contributed by atoms with Gasteiger partial charge in [-0.2, -0.15) is 0 Å². The summed E-state index contributed by atoms with van der Waals surface area (Å²) < 4.78 is 5.86. The van der Waals surface area contributed by atoms with E-state index in [1.807, 2.05) is 0 Å². The molecule has 106 valence electrons. The Kier molecular flexibility index (Phi) is 5.41. The number of ether oxygens (including phenoxy) is 1. The lowest BCUT2D eigenvalue weighted by molar-refractivity contribution is 0.0776. The molecule has 0 spiro atoms. The first-order valence-electron chi connectivity index (χ1n) is 7.65. The van der Waals surface area contributed by atoms with Crippen LogP contribution in [0.2, 0.25) is 0 Å². The number of nitrogens with one attached hydrogen (secondary N) is 1. The molecule has 0 amide bonds. The van der Waals surface area contributed by atoms with Crippen LogP contribution in [0.1, 0.15) is 37.8 Å². The fourth-order valence-electron chi connectivity index (χ4n) is 3.28. The van der Waals surface area contributed by atoms with Gasteiger partial charge in [-0.1, -0.05) is 43.7 Å². The zero-order chi connectivity index (χ0) is 13.7. The fraction of sp³-hybridized carbons (Fsp3) is 0.647. The second kappa shape index (κ2) is 7.06. The number of benzene rings is 1. The normalized spacial score (nSPS) is 24.6. The van der Waals surface area contributed by atoms with Crippen LogP contribution >= 0.6 is 0 Å². The lowest BCUT2D eigenvalue weighted by Crippen LogP contribution is -2.41. The number of hydrogen-bond acceptors (Lipinski definition) is 2. The van der Waals surface area contributed by atoms with Gasteiger partial charge in [-0.15, -0.1) is 0 Å². The van der Waals surface area contributed by atoms with Crippen LogP contribution in [-0.2, 0) is 11.2 Å². The largest absolute Gasteiger partial charge is 0.378 e. The predicted octanol–water partition coefficient (Wildman–Crippen LogP) is 3.33. The molecule has 2 nitrogen and oxygen atoms in total. The summed E-state index contributed by atoms with van der Waals surface area (Å²) in [5.41, 5.74) is 2.79. The van der Waals surface area contributed by atoms with Crippen LogP contribution in [0.5, 0.6) is 0 Å². The van der Waals surface area contributed by atoms with Gasteiger partial charge in [-0.05, 0) is 38.3 Å². The molecule has 2 rings (SSSR count). The third kappa shape index (κ3) is 3.80. The molecule has 0 aliphatic carbocycles. The van der Waals surface area contributed by atoms with Crippen molar-refractivity contribution in [3.05, 3.63) is 35.4 Å². The second-order valence-corrected chi connectivity index (χ2v) is 5.63. The molecule has 1 aliphatic rings. The first-order valence-corrected chi connectivity index (χ1v) is 7.65. The van der Waals surface area contributed by atoms with Crippen molar-refractivity contribution in [2.45, 2.75) is 52.2 Å². The van der Waals surface area contributed by atoms with Gasteiger partial charge < -0.3 is 10.1 Å². The van der Waals surface area contributed by atoms with E-state index in [0.29, 0.717) is 18.1 Å². The molecule has 0 radical (unpaired) electrons. The summed E-state index contributed by atoms with van der Waals surface area (Å²) in [5, 5.41) is 3.68. The van der Waals surface area contributed by atoms with Crippen LogP contribution in [0.15, 0.2) is 24.3 Å². The standard InChI is InChI=1S/C17H27NO/c1-4-17-15(9-10-19-17)16(18-5-2)12-14-8-6-7-13(3)11-14/h6-8,11,15-18H,4-5,9-10,12H2,1-3H3. The van der Waals surface area contributed by atoms with Gasteiger partial charge >= 0.3 is 0 Å². The first-order chi connectivity index (χ1) is 9.24. The SMILES string of the molecule is CCNC(Cc1cccc(C)c1)C1CCOC1CC. The molecular weight excluding hydrogens is 234 g/mol. The van der Waals surface area contributed by atoms with E-state index >= 15 is 0 Å². The highest BCUT2D eigenvalue weighted by molar-refractivity contribution is 5.23. The maximum Gasteiger partial charge on any atom is 0.0616 e. The zero-order valence-electron chi connectivity index (χ0n) is 12.5. The molecule has 1 aliphatic heterocycles. The van der Waals surface area contributed by atoms with E-state index in [-0.39, 0.29) is 0 Å². The molecule has 0 bridgehead atoms. The first kappa shape index (κ1) is 14.5. The molecule has 1 fully saturated rings. The molecular formula is C17H27NO. The maximum absolute atomic E-state index is 5.86. The van der Waals surface area contributed by atoms with Crippen LogP contribution < -0.4 is 5.32 Å². The minimum atomic E-state index is 0.439. The third-order valence-electron chi connectivity index (χ3n) is 4.18. The number of rotatable bonds is 6. The van der Waals surface area contributed by atoms with Crippen molar-refractivity contribution in [1.29, 1.82) is 0 Å². The number of aryl methyl sites for hydroxylation is 1. The number of likely N-dealkylation sites (N-methyl/N-ethyl adjacent to an activating group) is 1. The Morgan fingerprint density at radius 1 is 1.37 bits per heavy atom. The average molecular weight is 261 g/mol. The third-order valence-corrected chi connectivity index (χ3v) is 4.18. The predicted molar refractivity (Wildman–Crippen MR) is 80.5 cm³/mol. The van der Waals surface area contributed by atoms with Crippen LogP contribution in [0.25, 0.3) is 0 Å². The van der Waals surface area contributed by atoms with Crippen molar-refractivity contribution < 1.29 is 4.74 Å². The topological polar surface area (TPSA) is 21.3 Å². The van der Waals surface area contributed by atoms with Crippen molar-refractivity contribution in [3.8, 4) is 0 Å². The summed E-state index contributed by atoms with van der Waals surface area (Å²) in [6, 6.07) is 9.42. The lowest BCUT2D eigenvalue weighted by atomic mass is 9.87. The Labute approximate surface area is 117 Å². The fourth-order valence-corrected chi connectivity index (χ4v) is 3.28. The minimum absolute atomic E-state index is 0.439. The second-order valence-electron chi connectivity index (χ2n) is 5.63. The van der Waals surface area contributed by atoms with Crippen LogP contribution in [-0.4, -0.2) is 25.3 Å². The Hall–Kier alpha value is -0.860. The Balaban J connectivity index is 2.07. The molecule has 3 atom stereocenters. The van der Waals surface area contributed by atoms with Crippen LogP contribution in [0, 0.1) is 12.8 Å². The zero-order valence-corrected chi connectivity index (χ0v) is 12.5. The number of hydrogen-bond donors (Lipinski definition) is 1. The van der Waals surface area contributed by atoms with Crippen molar-refractivity contribution in [1.82, 2.24) is 5.32 Å². The highest BCUT2D eigenvalue weighted by Crippen LogP contribution is 2.28. The molecule has 0 aromatic heterocycles. The van der Waals surface area contributed by atoms with Gasteiger partial charge in [0.25, 0.3) is 0 Å². The Morgan fingerprint density at radius 3 is 2.89 bits per heavy atom. The van der Waals surface area contributed by atoms with Crippen LogP contribution in [0.3, 0.4) is 0 Å². The smallest absolute Gasteiger partial charge is 0.0616 e. The molecule has 1 N–H and O–H groups in total.